The van der Waals surface area contributed by atoms with Gasteiger partial charge in [0.2, 0.25) is 18.2 Å². The summed E-state index contributed by atoms with van der Waals surface area (Å²) in [5.41, 5.74) is -1.05. The second-order valence-electron chi connectivity index (χ2n) is 6.51. The maximum absolute atomic E-state index is 12.6. The Bertz CT molecular complexity index is 408. The molecule has 1 aliphatic carbocycles. The summed E-state index contributed by atoms with van der Waals surface area (Å²) in [6.45, 7) is 5.44. The zero-order chi connectivity index (χ0) is 15.5. The third-order valence-electron chi connectivity index (χ3n) is 4.54. The highest BCUT2D eigenvalue weighted by Crippen LogP contribution is 2.23. The van der Waals surface area contributed by atoms with Gasteiger partial charge in [-0.05, 0) is 26.7 Å². The van der Waals surface area contributed by atoms with Crippen molar-refractivity contribution in [3.63, 3.8) is 0 Å². The molecule has 2 rings (SSSR count). The predicted octanol–water partition coefficient (Wildman–Crippen LogP) is 0.372. The van der Waals surface area contributed by atoms with Crippen LogP contribution in [0.15, 0.2) is 0 Å². The van der Waals surface area contributed by atoms with Crippen molar-refractivity contribution >= 4 is 18.2 Å². The van der Waals surface area contributed by atoms with Crippen LogP contribution in [0.1, 0.15) is 39.5 Å². The average Bonchev–Trinajstić information content (AvgIpc) is 2.99. The van der Waals surface area contributed by atoms with Gasteiger partial charge in [0.05, 0.1) is 0 Å². The minimum absolute atomic E-state index is 0.149. The molecule has 1 saturated heterocycles. The summed E-state index contributed by atoms with van der Waals surface area (Å²) in [5, 5.41) is 3.01. The highest BCUT2D eigenvalue weighted by molar-refractivity contribution is 6.04. The van der Waals surface area contributed by atoms with Crippen molar-refractivity contribution in [1.82, 2.24) is 15.1 Å². The van der Waals surface area contributed by atoms with Gasteiger partial charge < -0.3 is 15.1 Å². The molecule has 6 nitrogen and oxygen atoms in total. The summed E-state index contributed by atoms with van der Waals surface area (Å²) in [6, 6.07) is 0.219. The van der Waals surface area contributed by atoms with Gasteiger partial charge in [-0.15, -0.1) is 0 Å². The molecule has 3 amide bonds. The molecule has 0 bridgehead atoms. The Kier molecular flexibility index (Phi) is 4.85. The van der Waals surface area contributed by atoms with E-state index in [1.54, 1.807) is 23.6 Å². The molecule has 1 heterocycles. The first-order chi connectivity index (χ1) is 9.95. The number of nitrogens with one attached hydrogen (secondary N) is 1. The van der Waals surface area contributed by atoms with Crippen LogP contribution in [-0.4, -0.2) is 60.2 Å². The molecule has 0 aromatic heterocycles. The van der Waals surface area contributed by atoms with Gasteiger partial charge >= 0.3 is 0 Å². The lowest BCUT2D eigenvalue weighted by Gasteiger charge is -2.37. The standard InChI is InChI=1S/C15H25N3O3/c1-15(2,13(20)16-12-5-3-4-6-12)14(21)18-9-7-17(11-19)8-10-18/h11-12H,3-10H2,1-2H3,(H,16,20). The first-order valence-electron chi connectivity index (χ1n) is 7.75. The lowest BCUT2D eigenvalue weighted by molar-refractivity contribution is -0.150. The zero-order valence-electron chi connectivity index (χ0n) is 12.9. The summed E-state index contributed by atoms with van der Waals surface area (Å²) < 4.78 is 0. The van der Waals surface area contributed by atoms with Crippen LogP contribution in [0, 0.1) is 5.41 Å². The van der Waals surface area contributed by atoms with E-state index < -0.39 is 5.41 Å². The van der Waals surface area contributed by atoms with Crippen LogP contribution >= 0.6 is 0 Å². The Labute approximate surface area is 125 Å². The van der Waals surface area contributed by atoms with Gasteiger partial charge in [-0.25, -0.2) is 0 Å². The van der Waals surface area contributed by atoms with E-state index in [0.717, 1.165) is 32.1 Å². The molecule has 2 fully saturated rings. The molecule has 1 aliphatic heterocycles. The fraction of sp³-hybridized carbons (Fsp3) is 0.800. The van der Waals surface area contributed by atoms with E-state index >= 15 is 0 Å². The van der Waals surface area contributed by atoms with Crippen LogP contribution in [0.25, 0.3) is 0 Å². The molecule has 1 N–H and O–H groups in total. The fourth-order valence-corrected chi connectivity index (χ4v) is 2.96. The molecule has 1 saturated carbocycles. The molecule has 21 heavy (non-hydrogen) atoms. The van der Waals surface area contributed by atoms with Crippen molar-refractivity contribution in [2.24, 2.45) is 5.41 Å². The van der Waals surface area contributed by atoms with Crippen LogP contribution in [0.2, 0.25) is 0 Å². The molecule has 0 aromatic carbocycles. The SMILES string of the molecule is CC(C)(C(=O)NC1CCCC1)C(=O)N1CCN(C=O)CC1. The fourth-order valence-electron chi connectivity index (χ4n) is 2.96. The lowest BCUT2D eigenvalue weighted by atomic mass is 9.89. The highest BCUT2D eigenvalue weighted by atomic mass is 16.2. The number of nitrogens with zero attached hydrogens (tertiary/aromatic N) is 2. The number of hydrogen-bond donors (Lipinski definition) is 1. The molecule has 0 spiro atoms. The summed E-state index contributed by atoms with van der Waals surface area (Å²) in [5.74, 6) is -0.333. The smallest absolute Gasteiger partial charge is 0.237 e. The van der Waals surface area contributed by atoms with Crippen LogP contribution in [0.4, 0.5) is 0 Å². The van der Waals surface area contributed by atoms with Crippen LogP contribution < -0.4 is 5.32 Å². The van der Waals surface area contributed by atoms with Crippen molar-refractivity contribution < 1.29 is 14.4 Å². The van der Waals surface area contributed by atoms with Gasteiger partial charge in [0.15, 0.2) is 0 Å². The number of rotatable bonds is 4. The number of piperazine rings is 1. The van der Waals surface area contributed by atoms with Gasteiger partial charge in [-0.3, -0.25) is 14.4 Å². The van der Waals surface area contributed by atoms with E-state index in [2.05, 4.69) is 5.32 Å². The first-order valence-corrected chi connectivity index (χ1v) is 7.75. The largest absolute Gasteiger partial charge is 0.352 e. The van der Waals surface area contributed by atoms with E-state index in [1.807, 2.05) is 0 Å². The molecule has 0 aromatic rings. The van der Waals surface area contributed by atoms with Gasteiger partial charge in [-0.1, -0.05) is 12.8 Å². The van der Waals surface area contributed by atoms with Crippen LogP contribution in [-0.2, 0) is 14.4 Å². The Hall–Kier alpha value is -1.59. The third-order valence-corrected chi connectivity index (χ3v) is 4.54. The van der Waals surface area contributed by atoms with Crippen molar-refractivity contribution in [2.45, 2.75) is 45.6 Å². The van der Waals surface area contributed by atoms with E-state index in [0.29, 0.717) is 26.2 Å². The second kappa shape index (κ2) is 6.45. The Morgan fingerprint density at radius 2 is 1.67 bits per heavy atom. The Morgan fingerprint density at radius 3 is 2.19 bits per heavy atom. The van der Waals surface area contributed by atoms with E-state index in [-0.39, 0.29) is 17.9 Å². The number of hydrogen-bond acceptors (Lipinski definition) is 3. The molecule has 2 aliphatic rings. The lowest BCUT2D eigenvalue weighted by Crippen LogP contribution is -2.56. The average molecular weight is 295 g/mol. The second-order valence-corrected chi connectivity index (χ2v) is 6.51. The van der Waals surface area contributed by atoms with Crippen molar-refractivity contribution in [3.8, 4) is 0 Å². The molecular formula is C15H25N3O3. The molecule has 6 heteroatoms. The summed E-state index contributed by atoms with van der Waals surface area (Å²) in [7, 11) is 0. The van der Waals surface area contributed by atoms with Crippen LogP contribution in [0.5, 0.6) is 0 Å². The highest BCUT2D eigenvalue weighted by Gasteiger charge is 2.40. The maximum Gasteiger partial charge on any atom is 0.237 e. The van der Waals surface area contributed by atoms with Crippen LogP contribution in [0.3, 0.4) is 0 Å². The monoisotopic (exact) mass is 295 g/mol. The van der Waals surface area contributed by atoms with Gasteiger partial charge in [0.25, 0.3) is 0 Å². The number of carbonyl (C=O) groups is 3. The topological polar surface area (TPSA) is 69.7 Å². The summed E-state index contributed by atoms with van der Waals surface area (Å²) in [4.78, 5) is 39.0. The van der Waals surface area contributed by atoms with Crippen molar-refractivity contribution in [1.29, 1.82) is 0 Å². The third kappa shape index (κ3) is 3.54. The van der Waals surface area contributed by atoms with E-state index in [1.165, 1.54) is 0 Å². The Morgan fingerprint density at radius 1 is 1.10 bits per heavy atom. The summed E-state index contributed by atoms with van der Waals surface area (Å²) >= 11 is 0. The van der Waals surface area contributed by atoms with Gasteiger partial charge in [0, 0.05) is 32.2 Å². The molecule has 0 atom stereocenters. The molecule has 0 radical (unpaired) electrons. The van der Waals surface area contributed by atoms with E-state index in [9.17, 15) is 14.4 Å². The normalized spacial score (nSPS) is 20.5. The Balaban J connectivity index is 1.92. The molecule has 0 unspecified atom stereocenters. The van der Waals surface area contributed by atoms with Gasteiger partial charge in [0.1, 0.15) is 5.41 Å². The molecule has 118 valence electrons. The van der Waals surface area contributed by atoms with Crippen molar-refractivity contribution in [3.05, 3.63) is 0 Å². The first kappa shape index (κ1) is 15.8. The zero-order valence-corrected chi connectivity index (χ0v) is 12.9. The number of carbonyl (C=O) groups excluding carboxylic acids is 3. The number of amides is 3. The minimum atomic E-state index is -1.05. The van der Waals surface area contributed by atoms with Gasteiger partial charge in [-0.2, -0.15) is 0 Å². The summed E-state index contributed by atoms with van der Waals surface area (Å²) in [6.07, 6.45) is 5.11. The molecular weight excluding hydrogens is 270 g/mol. The minimum Gasteiger partial charge on any atom is -0.352 e. The predicted molar refractivity (Wildman–Crippen MR) is 78.4 cm³/mol. The van der Waals surface area contributed by atoms with E-state index in [4.69, 9.17) is 0 Å². The van der Waals surface area contributed by atoms with Crippen molar-refractivity contribution in [2.75, 3.05) is 26.2 Å². The maximum atomic E-state index is 12.6. The quantitative estimate of drug-likeness (QED) is 0.602.